The zero-order chi connectivity index (χ0) is 25.4. The first-order chi connectivity index (χ1) is 16.5. The number of nitrogens with zero attached hydrogens (tertiary/aromatic N) is 2. The molecule has 5 nitrogen and oxygen atoms in total. The van der Waals surface area contributed by atoms with Gasteiger partial charge in [0.15, 0.2) is 0 Å². The number of hydrogen-bond donors (Lipinski definition) is 1. The van der Waals surface area contributed by atoms with Crippen molar-refractivity contribution in [1.82, 2.24) is 15.2 Å². The number of aromatic nitrogens is 1. The summed E-state index contributed by atoms with van der Waals surface area (Å²) in [5.41, 5.74) is 1.35. The molecule has 1 aliphatic heterocycles. The SMILES string of the molecule is COC1C(c2cccc(-c3ccc(-c4ccncc4)cc3)c2C(F)(F)F)CN1C(=O)NC(C)(C)C. The predicted octanol–water partition coefficient (Wildman–Crippen LogP) is 6.31. The van der Waals surface area contributed by atoms with Crippen molar-refractivity contribution in [3.63, 3.8) is 0 Å². The predicted molar refractivity (Wildman–Crippen MR) is 129 cm³/mol. The Morgan fingerprint density at radius 3 is 2.14 bits per heavy atom. The Bertz CT molecular complexity index is 1190. The maximum atomic E-state index is 14.4. The van der Waals surface area contributed by atoms with E-state index in [0.717, 1.165) is 11.1 Å². The maximum Gasteiger partial charge on any atom is 0.417 e. The van der Waals surface area contributed by atoms with E-state index in [2.05, 4.69) is 10.3 Å². The van der Waals surface area contributed by atoms with Gasteiger partial charge in [0.1, 0.15) is 6.23 Å². The van der Waals surface area contributed by atoms with Gasteiger partial charge >= 0.3 is 12.2 Å². The molecule has 2 amide bonds. The van der Waals surface area contributed by atoms with Crippen LogP contribution in [-0.4, -0.2) is 41.3 Å². The molecule has 2 atom stereocenters. The van der Waals surface area contributed by atoms with Crippen LogP contribution in [0, 0.1) is 0 Å². The van der Waals surface area contributed by atoms with Crippen LogP contribution >= 0.6 is 0 Å². The number of urea groups is 1. The number of alkyl halides is 3. The Kier molecular flexibility index (Phi) is 6.60. The molecule has 8 heteroatoms. The number of benzene rings is 2. The van der Waals surface area contributed by atoms with Crippen molar-refractivity contribution in [2.75, 3.05) is 13.7 Å². The molecule has 184 valence electrons. The summed E-state index contributed by atoms with van der Waals surface area (Å²) in [4.78, 5) is 18.0. The molecule has 4 rings (SSSR count). The lowest BCUT2D eigenvalue weighted by Crippen LogP contribution is -2.62. The molecule has 0 saturated carbocycles. The van der Waals surface area contributed by atoms with Crippen molar-refractivity contribution in [1.29, 1.82) is 0 Å². The number of hydrogen-bond acceptors (Lipinski definition) is 3. The van der Waals surface area contributed by atoms with Gasteiger partial charge in [-0.25, -0.2) is 4.79 Å². The summed E-state index contributed by atoms with van der Waals surface area (Å²) >= 11 is 0. The standard InChI is InChI=1S/C27H28F3N3O2/c1-26(2,3)32-25(34)33-16-22(24(33)35-4)21-7-5-6-20(23(21)27(28,29)30)19-10-8-17(9-11-19)18-12-14-31-15-13-18/h5-15,22,24H,16H2,1-4H3,(H,32,34). The number of rotatable bonds is 4. The van der Waals surface area contributed by atoms with Crippen LogP contribution in [-0.2, 0) is 10.9 Å². The van der Waals surface area contributed by atoms with Gasteiger partial charge in [-0.3, -0.25) is 9.88 Å². The van der Waals surface area contributed by atoms with Gasteiger partial charge in [0.25, 0.3) is 0 Å². The second kappa shape index (κ2) is 9.34. The second-order valence-corrected chi connectivity index (χ2v) is 9.65. The number of carbonyl (C=O) groups excluding carboxylic acids is 1. The molecule has 0 spiro atoms. The molecule has 0 bridgehead atoms. The topological polar surface area (TPSA) is 54.5 Å². The highest BCUT2D eigenvalue weighted by Crippen LogP contribution is 2.46. The normalized spacial score (nSPS) is 18.2. The Balaban J connectivity index is 1.69. The highest BCUT2D eigenvalue weighted by Gasteiger charge is 2.48. The van der Waals surface area contributed by atoms with E-state index in [4.69, 9.17) is 4.74 Å². The molecule has 1 saturated heterocycles. The number of amides is 2. The third kappa shape index (κ3) is 5.17. The van der Waals surface area contributed by atoms with Gasteiger partial charge in [-0.05, 0) is 60.7 Å². The van der Waals surface area contributed by atoms with Crippen molar-refractivity contribution in [3.8, 4) is 22.3 Å². The van der Waals surface area contributed by atoms with Crippen molar-refractivity contribution in [3.05, 3.63) is 78.1 Å². The molecule has 2 heterocycles. The van der Waals surface area contributed by atoms with Gasteiger partial charge in [-0.2, -0.15) is 13.2 Å². The van der Waals surface area contributed by atoms with Crippen LogP contribution in [0.5, 0.6) is 0 Å². The van der Waals surface area contributed by atoms with E-state index in [1.54, 1.807) is 42.7 Å². The van der Waals surface area contributed by atoms with Crippen LogP contribution in [0.4, 0.5) is 18.0 Å². The first-order valence-electron chi connectivity index (χ1n) is 11.3. The Hall–Kier alpha value is -3.39. The highest BCUT2D eigenvalue weighted by molar-refractivity contribution is 5.77. The Morgan fingerprint density at radius 1 is 0.971 bits per heavy atom. The van der Waals surface area contributed by atoms with E-state index in [0.29, 0.717) is 5.56 Å². The van der Waals surface area contributed by atoms with Gasteiger partial charge in [0.2, 0.25) is 0 Å². The largest absolute Gasteiger partial charge is 0.417 e. The fraction of sp³-hybridized carbons (Fsp3) is 0.333. The zero-order valence-electron chi connectivity index (χ0n) is 20.1. The third-order valence-electron chi connectivity index (χ3n) is 6.02. The van der Waals surface area contributed by atoms with E-state index < -0.39 is 29.4 Å². The smallest absolute Gasteiger partial charge is 0.361 e. The Labute approximate surface area is 202 Å². The first kappa shape index (κ1) is 24.7. The van der Waals surface area contributed by atoms with Crippen LogP contribution in [0.25, 0.3) is 22.3 Å². The fourth-order valence-electron chi connectivity index (χ4n) is 4.44. The second-order valence-electron chi connectivity index (χ2n) is 9.65. The van der Waals surface area contributed by atoms with Gasteiger partial charge in [0.05, 0.1) is 5.56 Å². The van der Waals surface area contributed by atoms with Crippen LogP contribution in [0.15, 0.2) is 67.0 Å². The number of likely N-dealkylation sites (tertiary alicyclic amines) is 1. The minimum atomic E-state index is -4.58. The van der Waals surface area contributed by atoms with E-state index in [1.165, 1.54) is 24.1 Å². The molecule has 2 aromatic carbocycles. The van der Waals surface area contributed by atoms with E-state index in [1.807, 2.05) is 32.9 Å². The van der Waals surface area contributed by atoms with Crippen molar-refractivity contribution >= 4 is 6.03 Å². The van der Waals surface area contributed by atoms with Crippen molar-refractivity contribution < 1.29 is 22.7 Å². The number of methoxy groups -OCH3 is 1. The molecule has 1 aliphatic rings. The van der Waals surface area contributed by atoms with Crippen LogP contribution in [0.1, 0.15) is 37.8 Å². The molecular weight excluding hydrogens is 455 g/mol. The number of nitrogens with one attached hydrogen (secondary N) is 1. The van der Waals surface area contributed by atoms with Gasteiger partial charge in [0, 0.05) is 37.5 Å². The monoisotopic (exact) mass is 483 g/mol. The van der Waals surface area contributed by atoms with Crippen molar-refractivity contribution in [2.24, 2.45) is 0 Å². The number of carbonyl (C=O) groups is 1. The maximum absolute atomic E-state index is 14.4. The lowest BCUT2D eigenvalue weighted by atomic mass is 9.82. The van der Waals surface area contributed by atoms with Crippen LogP contribution in [0.3, 0.4) is 0 Å². The van der Waals surface area contributed by atoms with Gasteiger partial charge < -0.3 is 10.1 Å². The third-order valence-corrected chi connectivity index (χ3v) is 6.02. The minimum Gasteiger partial charge on any atom is -0.361 e. The van der Waals surface area contributed by atoms with E-state index >= 15 is 0 Å². The molecule has 3 aromatic rings. The summed E-state index contributed by atoms with van der Waals surface area (Å²) in [6.07, 6.45) is -2.03. The first-order valence-corrected chi connectivity index (χ1v) is 11.3. The van der Waals surface area contributed by atoms with Crippen molar-refractivity contribution in [2.45, 2.75) is 44.6 Å². The summed E-state index contributed by atoms with van der Waals surface area (Å²) in [6, 6.07) is 14.9. The molecule has 2 unspecified atom stereocenters. The summed E-state index contributed by atoms with van der Waals surface area (Å²) < 4.78 is 48.8. The van der Waals surface area contributed by atoms with Gasteiger partial charge in [-0.1, -0.05) is 42.5 Å². The van der Waals surface area contributed by atoms with Crippen LogP contribution in [0.2, 0.25) is 0 Å². The van der Waals surface area contributed by atoms with E-state index in [-0.39, 0.29) is 23.7 Å². The lowest BCUT2D eigenvalue weighted by Gasteiger charge is -2.48. The molecule has 35 heavy (non-hydrogen) atoms. The molecule has 1 aromatic heterocycles. The average Bonchev–Trinajstić information content (AvgIpc) is 2.77. The molecule has 1 fully saturated rings. The lowest BCUT2D eigenvalue weighted by molar-refractivity contribution is -0.140. The number of ether oxygens (including phenoxy) is 1. The molecule has 0 aliphatic carbocycles. The average molecular weight is 484 g/mol. The highest BCUT2D eigenvalue weighted by atomic mass is 19.4. The molecular formula is C27H28F3N3O2. The summed E-state index contributed by atoms with van der Waals surface area (Å²) in [7, 11) is 1.41. The summed E-state index contributed by atoms with van der Waals surface area (Å²) in [5.74, 6) is -0.599. The minimum absolute atomic E-state index is 0.101. The van der Waals surface area contributed by atoms with E-state index in [9.17, 15) is 18.0 Å². The molecule has 1 N–H and O–H groups in total. The number of pyridine rings is 1. The number of halogens is 3. The summed E-state index contributed by atoms with van der Waals surface area (Å²) in [5, 5.41) is 2.84. The Morgan fingerprint density at radius 2 is 1.57 bits per heavy atom. The quantitative estimate of drug-likeness (QED) is 0.473. The van der Waals surface area contributed by atoms with Gasteiger partial charge in [-0.15, -0.1) is 0 Å². The fourth-order valence-corrected chi connectivity index (χ4v) is 4.44. The summed E-state index contributed by atoms with van der Waals surface area (Å²) in [6.45, 7) is 5.66. The molecule has 0 radical (unpaired) electrons. The van der Waals surface area contributed by atoms with Crippen LogP contribution < -0.4 is 5.32 Å². The zero-order valence-corrected chi connectivity index (χ0v) is 20.1.